The minimum Gasteiger partial charge on any atom is -0.497 e. The van der Waals surface area contributed by atoms with Gasteiger partial charge in [-0.1, -0.05) is 53.3 Å². The van der Waals surface area contributed by atoms with Crippen molar-refractivity contribution in [1.29, 1.82) is 0 Å². The van der Waals surface area contributed by atoms with Crippen molar-refractivity contribution in [2.75, 3.05) is 34.4 Å². The van der Waals surface area contributed by atoms with Gasteiger partial charge < -0.3 is 23.8 Å². The largest absolute Gasteiger partial charge is 0.497 e. The summed E-state index contributed by atoms with van der Waals surface area (Å²) in [5, 5.41) is 0.344. The van der Waals surface area contributed by atoms with Gasteiger partial charge in [0.2, 0.25) is 0 Å². The van der Waals surface area contributed by atoms with Crippen molar-refractivity contribution < 1.29 is 23.7 Å². The van der Waals surface area contributed by atoms with Gasteiger partial charge in [0.25, 0.3) is 11.5 Å². The van der Waals surface area contributed by atoms with E-state index in [2.05, 4.69) is 0 Å². The second-order valence-electron chi connectivity index (χ2n) is 10.5. The number of hydrogen-bond donors (Lipinski definition) is 0. The first-order chi connectivity index (χ1) is 22.2. The average Bonchev–Trinajstić information content (AvgIpc) is 3.37. The predicted octanol–water partition coefficient (Wildman–Crippen LogP) is 5.36. The van der Waals surface area contributed by atoms with Gasteiger partial charge in [-0.2, -0.15) is 0 Å². The summed E-state index contributed by atoms with van der Waals surface area (Å²) in [7, 11) is 4.66. The first-order valence-corrected chi connectivity index (χ1v) is 16.0. The van der Waals surface area contributed by atoms with E-state index >= 15 is 0 Å². The van der Waals surface area contributed by atoms with Crippen LogP contribution in [-0.4, -0.2) is 49.8 Å². The lowest BCUT2D eigenvalue weighted by atomic mass is 9.93. The van der Waals surface area contributed by atoms with Crippen LogP contribution in [0.1, 0.15) is 43.5 Å². The molecule has 0 N–H and O–H groups in total. The molecular weight excluding hydrogens is 626 g/mol. The highest BCUT2D eigenvalue weighted by molar-refractivity contribution is 7.07. The Labute approximate surface area is 276 Å². The summed E-state index contributed by atoms with van der Waals surface area (Å²) in [5.41, 5.74) is 2.87. The maximum absolute atomic E-state index is 14.3. The highest BCUT2D eigenvalue weighted by Crippen LogP contribution is 2.39. The van der Waals surface area contributed by atoms with Gasteiger partial charge >= 0.3 is 0 Å². The standard InChI is InChI=1S/C35H36ClN3O6S/c1-7-38(8-2)34(41)30-21(3)37-35-39(31(30)25-19-24(42-4)14-15-27(25)43-5)33(40)29(46-35)18-23-16-26(36)32(28(17-23)44-6)45-20-22-12-10-9-11-13-22/h9-19,31H,7-8,20H2,1-6H3/b29-18+/t31-/m1/s1. The van der Waals surface area contributed by atoms with Gasteiger partial charge in [0.1, 0.15) is 24.1 Å². The molecule has 0 aliphatic carbocycles. The van der Waals surface area contributed by atoms with E-state index in [-0.39, 0.29) is 11.5 Å². The van der Waals surface area contributed by atoms with Crippen molar-refractivity contribution in [3.63, 3.8) is 0 Å². The van der Waals surface area contributed by atoms with Crippen LogP contribution in [0.15, 0.2) is 81.7 Å². The van der Waals surface area contributed by atoms with Gasteiger partial charge in [0.15, 0.2) is 16.3 Å². The van der Waals surface area contributed by atoms with E-state index < -0.39 is 6.04 Å². The minimum absolute atomic E-state index is 0.196. The molecule has 0 unspecified atom stereocenters. The lowest BCUT2D eigenvalue weighted by molar-refractivity contribution is -0.127. The number of nitrogens with zero attached hydrogens (tertiary/aromatic N) is 3. The van der Waals surface area contributed by atoms with E-state index in [9.17, 15) is 9.59 Å². The Kier molecular flexibility index (Phi) is 10.2. The van der Waals surface area contributed by atoms with Crippen LogP contribution in [0.4, 0.5) is 0 Å². The molecule has 9 nitrogen and oxygen atoms in total. The molecular formula is C35H36ClN3O6S. The molecule has 1 atom stereocenters. The normalized spacial score (nSPS) is 14.4. The van der Waals surface area contributed by atoms with Crippen LogP contribution in [0.2, 0.25) is 5.02 Å². The summed E-state index contributed by atoms with van der Waals surface area (Å²) in [6, 6.07) is 17.8. The number of methoxy groups -OCH3 is 3. The van der Waals surface area contributed by atoms with Crippen molar-refractivity contribution in [2.24, 2.45) is 4.99 Å². The number of allylic oxidation sites excluding steroid dienone is 1. The first-order valence-electron chi connectivity index (χ1n) is 14.8. The molecule has 0 fully saturated rings. The predicted molar refractivity (Wildman–Crippen MR) is 180 cm³/mol. The molecule has 1 aromatic heterocycles. The number of hydrogen-bond acceptors (Lipinski definition) is 8. The van der Waals surface area contributed by atoms with E-state index in [0.717, 1.165) is 5.56 Å². The molecule has 2 heterocycles. The van der Waals surface area contributed by atoms with E-state index in [1.165, 1.54) is 18.4 Å². The van der Waals surface area contributed by atoms with Crippen LogP contribution < -0.4 is 33.8 Å². The Morgan fingerprint density at radius 2 is 1.72 bits per heavy atom. The maximum atomic E-state index is 14.3. The molecule has 5 rings (SSSR count). The number of ether oxygens (including phenoxy) is 4. The quantitative estimate of drug-likeness (QED) is 0.215. The van der Waals surface area contributed by atoms with Crippen LogP contribution in [-0.2, 0) is 11.4 Å². The molecule has 240 valence electrons. The zero-order valence-electron chi connectivity index (χ0n) is 26.6. The lowest BCUT2D eigenvalue weighted by Crippen LogP contribution is -2.43. The third-order valence-electron chi connectivity index (χ3n) is 7.81. The second-order valence-corrected chi connectivity index (χ2v) is 11.9. The molecule has 0 radical (unpaired) electrons. The third kappa shape index (κ3) is 6.41. The fourth-order valence-electron chi connectivity index (χ4n) is 5.47. The number of aromatic nitrogens is 1. The number of rotatable bonds is 11. The summed E-state index contributed by atoms with van der Waals surface area (Å²) in [6.45, 7) is 6.97. The molecule has 46 heavy (non-hydrogen) atoms. The molecule has 11 heteroatoms. The number of carbonyl (C=O) groups excluding carboxylic acids is 1. The van der Waals surface area contributed by atoms with E-state index in [1.54, 1.807) is 67.0 Å². The van der Waals surface area contributed by atoms with Gasteiger partial charge in [0, 0.05) is 18.7 Å². The monoisotopic (exact) mass is 661 g/mol. The Morgan fingerprint density at radius 1 is 1.00 bits per heavy atom. The number of carbonyl (C=O) groups is 1. The van der Waals surface area contributed by atoms with Crippen molar-refractivity contribution in [3.05, 3.63) is 113 Å². The highest BCUT2D eigenvalue weighted by atomic mass is 35.5. The van der Waals surface area contributed by atoms with Crippen LogP contribution in [0.5, 0.6) is 23.0 Å². The molecule has 3 aromatic carbocycles. The molecule has 0 saturated heterocycles. The minimum atomic E-state index is -0.802. The topological polar surface area (TPSA) is 91.6 Å². The Hall–Kier alpha value is -4.54. The van der Waals surface area contributed by atoms with Crippen molar-refractivity contribution in [2.45, 2.75) is 33.4 Å². The van der Waals surface area contributed by atoms with Crippen LogP contribution >= 0.6 is 22.9 Å². The SMILES string of the molecule is CCN(CC)C(=O)C1=C(C)N=c2s/c(=C/c3cc(Cl)c(OCc4ccccc4)c(OC)c3)c(=O)n2[C@@H]1c1cc(OC)ccc1OC. The Morgan fingerprint density at radius 3 is 2.37 bits per heavy atom. The van der Waals surface area contributed by atoms with Gasteiger partial charge in [-0.05, 0) is 68.3 Å². The van der Waals surface area contributed by atoms with Gasteiger partial charge in [0.05, 0.1) is 42.2 Å². The lowest BCUT2D eigenvalue weighted by Gasteiger charge is -2.30. The van der Waals surface area contributed by atoms with Crippen LogP contribution in [0.3, 0.4) is 0 Å². The smallest absolute Gasteiger partial charge is 0.271 e. The zero-order valence-corrected chi connectivity index (χ0v) is 28.2. The summed E-state index contributed by atoms with van der Waals surface area (Å²) in [4.78, 5) is 35.2. The molecule has 0 spiro atoms. The Balaban J connectivity index is 1.65. The van der Waals surface area contributed by atoms with Gasteiger partial charge in [-0.15, -0.1) is 0 Å². The molecule has 1 amide bonds. The number of benzene rings is 3. The average molecular weight is 662 g/mol. The maximum Gasteiger partial charge on any atom is 0.271 e. The van der Waals surface area contributed by atoms with E-state index in [4.69, 9.17) is 35.5 Å². The van der Waals surface area contributed by atoms with Gasteiger partial charge in [-0.25, -0.2) is 4.99 Å². The first kappa shape index (κ1) is 32.8. The van der Waals surface area contributed by atoms with Crippen molar-refractivity contribution in [1.82, 2.24) is 9.47 Å². The number of halogens is 1. The number of thiazole rings is 1. The highest BCUT2D eigenvalue weighted by Gasteiger charge is 2.36. The van der Waals surface area contributed by atoms with Crippen molar-refractivity contribution >= 4 is 34.9 Å². The molecule has 1 aliphatic heterocycles. The van der Waals surface area contributed by atoms with E-state index in [1.807, 2.05) is 44.2 Å². The summed E-state index contributed by atoms with van der Waals surface area (Å²) >= 11 is 7.91. The third-order valence-corrected chi connectivity index (χ3v) is 9.07. The summed E-state index contributed by atoms with van der Waals surface area (Å²) < 4.78 is 24.9. The molecule has 4 aromatic rings. The van der Waals surface area contributed by atoms with Crippen LogP contribution in [0, 0.1) is 0 Å². The number of fused-ring (bicyclic) bond motifs is 1. The molecule has 0 saturated carbocycles. The fraction of sp³-hybridized carbons (Fsp3) is 0.286. The van der Waals surface area contributed by atoms with Crippen molar-refractivity contribution in [3.8, 4) is 23.0 Å². The molecule has 0 bridgehead atoms. The molecule has 1 aliphatic rings. The van der Waals surface area contributed by atoms with Gasteiger partial charge in [-0.3, -0.25) is 14.2 Å². The Bertz CT molecular complexity index is 1960. The van der Waals surface area contributed by atoms with E-state index in [0.29, 0.717) is 79.4 Å². The number of amides is 1. The zero-order chi connectivity index (χ0) is 33.0. The summed E-state index contributed by atoms with van der Waals surface area (Å²) in [6.07, 6.45) is 1.74. The summed E-state index contributed by atoms with van der Waals surface area (Å²) in [5.74, 6) is 1.73. The van der Waals surface area contributed by atoms with Crippen LogP contribution in [0.25, 0.3) is 6.08 Å². The number of likely N-dealkylation sites (N-methyl/N-ethyl adjacent to an activating group) is 1. The second kappa shape index (κ2) is 14.3. The fourth-order valence-corrected chi connectivity index (χ4v) is 6.79.